The van der Waals surface area contributed by atoms with Crippen LogP contribution in [0.1, 0.15) is 27.9 Å². The number of rotatable bonds is 2. The van der Waals surface area contributed by atoms with Gasteiger partial charge in [-0.05, 0) is 37.5 Å². The van der Waals surface area contributed by atoms with Crippen molar-refractivity contribution in [2.75, 3.05) is 18.6 Å². The molecule has 1 aliphatic heterocycles. The summed E-state index contributed by atoms with van der Waals surface area (Å²) in [6, 6.07) is 9.74. The molecule has 0 saturated carbocycles. The molecule has 4 heteroatoms. The summed E-state index contributed by atoms with van der Waals surface area (Å²) in [5, 5.41) is 0. The Labute approximate surface area is 124 Å². The zero-order chi connectivity index (χ0) is 14.8. The van der Waals surface area contributed by atoms with Crippen LogP contribution in [-0.2, 0) is 6.42 Å². The van der Waals surface area contributed by atoms with Crippen LogP contribution in [-0.4, -0.2) is 24.5 Å². The average molecular weight is 282 g/mol. The summed E-state index contributed by atoms with van der Waals surface area (Å²) in [7, 11) is 1.56. The molecule has 0 N–H and O–H groups in total. The molecule has 3 rings (SSSR count). The zero-order valence-corrected chi connectivity index (χ0v) is 12.3. The number of carbonyl (C=O) groups is 1. The van der Waals surface area contributed by atoms with Gasteiger partial charge in [-0.3, -0.25) is 4.79 Å². The highest BCUT2D eigenvalue weighted by atomic mass is 16.5. The molecule has 0 unspecified atom stereocenters. The summed E-state index contributed by atoms with van der Waals surface area (Å²) in [5.74, 6) is 0.510. The lowest BCUT2D eigenvalue weighted by atomic mass is 9.99. The maximum absolute atomic E-state index is 12.7. The summed E-state index contributed by atoms with van der Waals surface area (Å²) < 4.78 is 5.03. The van der Waals surface area contributed by atoms with Crippen molar-refractivity contribution in [2.45, 2.75) is 19.8 Å². The predicted octanol–water partition coefficient (Wildman–Crippen LogP) is 2.99. The fourth-order valence-corrected chi connectivity index (χ4v) is 2.72. The van der Waals surface area contributed by atoms with Crippen molar-refractivity contribution >= 4 is 11.6 Å². The number of aryl methyl sites for hydroxylation is 2. The Morgan fingerprint density at radius 1 is 1.29 bits per heavy atom. The number of ether oxygens (including phenoxy) is 1. The lowest BCUT2D eigenvalue weighted by Crippen LogP contribution is -2.35. The number of amides is 1. The van der Waals surface area contributed by atoms with Crippen molar-refractivity contribution in [3.63, 3.8) is 0 Å². The summed E-state index contributed by atoms with van der Waals surface area (Å²) in [5.41, 5.74) is 4.09. The van der Waals surface area contributed by atoms with Gasteiger partial charge in [-0.1, -0.05) is 17.7 Å². The number of anilines is 1. The van der Waals surface area contributed by atoms with E-state index in [1.54, 1.807) is 25.4 Å². The van der Waals surface area contributed by atoms with Crippen LogP contribution in [0, 0.1) is 6.92 Å². The number of pyridine rings is 1. The van der Waals surface area contributed by atoms with Gasteiger partial charge in [-0.15, -0.1) is 0 Å². The molecule has 0 fully saturated rings. The minimum Gasteiger partial charge on any atom is -0.481 e. The lowest BCUT2D eigenvalue weighted by molar-refractivity contribution is 0.0984. The second-order valence-electron chi connectivity index (χ2n) is 5.28. The van der Waals surface area contributed by atoms with E-state index in [0.717, 1.165) is 25.1 Å². The third-order valence-electron chi connectivity index (χ3n) is 3.79. The van der Waals surface area contributed by atoms with Crippen molar-refractivity contribution in [2.24, 2.45) is 0 Å². The van der Waals surface area contributed by atoms with Crippen molar-refractivity contribution in [1.29, 1.82) is 0 Å². The van der Waals surface area contributed by atoms with Gasteiger partial charge >= 0.3 is 0 Å². The van der Waals surface area contributed by atoms with Gasteiger partial charge in [-0.2, -0.15) is 0 Å². The molecule has 0 atom stereocenters. The number of fused-ring (bicyclic) bond motifs is 1. The number of hydrogen-bond donors (Lipinski definition) is 0. The number of hydrogen-bond acceptors (Lipinski definition) is 3. The summed E-state index contributed by atoms with van der Waals surface area (Å²) in [6.45, 7) is 2.83. The average Bonchev–Trinajstić information content (AvgIpc) is 2.53. The molecule has 0 aliphatic carbocycles. The Balaban J connectivity index is 1.92. The highest BCUT2D eigenvalue weighted by Gasteiger charge is 2.23. The van der Waals surface area contributed by atoms with Crippen LogP contribution in [0.4, 0.5) is 5.69 Å². The Bertz CT molecular complexity index is 665. The van der Waals surface area contributed by atoms with Crippen LogP contribution in [0.25, 0.3) is 0 Å². The molecule has 4 nitrogen and oxygen atoms in total. The first kappa shape index (κ1) is 13.6. The van der Waals surface area contributed by atoms with E-state index in [9.17, 15) is 4.79 Å². The van der Waals surface area contributed by atoms with Gasteiger partial charge in [0, 0.05) is 24.5 Å². The highest BCUT2D eigenvalue weighted by molar-refractivity contribution is 6.06. The topological polar surface area (TPSA) is 42.4 Å². The third kappa shape index (κ3) is 2.61. The summed E-state index contributed by atoms with van der Waals surface area (Å²) >= 11 is 0. The van der Waals surface area contributed by atoms with Gasteiger partial charge in [0.05, 0.1) is 12.7 Å². The van der Waals surface area contributed by atoms with Crippen molar-refractivity contribution in [3.05, 3.63) is 53.2 Å². The molecule has 21 heavy (non-hydrogen) atoms. The molecule has 108 valence electrons. The fraction of sp³-hybridized carbons (Fsp3) is 0.294. The van der Waals surface area contributed by atoms with Crippen molar-refractivity contribution < 1.29 is 9.53 Å². The first-order valence-electron chi connectivity index (χ1n) is 7.10. The minimum atomic E-state index is -0.00467. The molecule has 1 aromatic heterocycles. The van der Waals surface area contributed by atoms with Gasteiger partial charge in [-0.25, -0.2) is 4.98 Å². The zero-order valence-electron chi connectivity index (χ0n) is 12.3. The van der Waals surface area contributed by atoms with Crippen molar-refractivity contribution in [1.82, 2.24) is 4.98 Å². The Hall–Kier alpha value is -2.36. The summed E-state index contributed by atoms with van der Waals surface area (Å²) in [4.78, 5) is 18.7. The van der Waals surface area contributed by atoms with Crippen molar-refractivity contribution in [3.8, 4) is 5.88 Å². The van der Waals surface area contributed by atoms with Gasteiger partial charge < -0.3 is 9.64 Å². The van der Waals surface area contributed by atoms with Crippen LogP contribution in [0.15, 0.2) is 36.5 Å². The predicted molar refractivity (Wildman–Crippen MR) is 82.0 cm³/mol. The SMILES string of the molecule is COc1ccc(C(=O)N2CCCc3cc(C)ccc32)cn1. The second kappa shape index (κ2) is 5.56. The van der Waals surface area contributed by atoms with E-state index in [-0.39, 0.29) is 5.91 Å². The molecular weight excluding hydrogens is 264 g/mol. The number of nitrogens with zero attached hydrogens (tertiary/aromatic N) is 2. The number of benzene rings is 1. The first-order chi connectivity index (χ1) is 10.2. The van der Waals surface area contributed by atoms with Crippen LogP contribution in [0.3, 0.4) is 0 Å². The maximum atomic E-state index is 12.7. The quantitative estimate of drug-likeness (QED) is 0.850. The Kier molecular flexibility index (Phi) is 3.60. The lowest BCUT2D eigenvalue weighted by Gasteiger charge is -2.29. The van der Waals surface area contributed by atoms with Crippen LogP contribution in [0.5, 0.6) is 5.88 Å². The number of carbonyl (C=O) groups excluding carboxylic acids is 1. The minimum absolute atomic E-state index is 0.00467. The van der Waals surface area contributed by atoms with Gasteiger partial charge in [0.1, 0.15) is 0 Å². The monoisotopic (exact) mass is 282 g/mol. The Morgan fingerprint density at radius 2 is 2.14 bits per heavy atom. The maximum Gasteiger partial charge on any atom is 0.259 e. The van der Waals surface area contributed by atoms with E-state index >= 15 is 0 Å². The largest absolute Gasteiger partial charge is 0.481 e. The molecule has 0 bridgehead atoms. The first-order valence-corrected chi connectivity index (χ1v) is 7.10. The number of methoxy groups -OCH3 is 1. The number of aromatic nitrogens is 1. The molecule has 0 spiro atoms. The van der Waals surface area contributed by atoms with E-state index in [4.69, 9.17) is 4.74 Å². The summed E-state index contributed by atoms with van der Waals surface area (Å²) in [6.07, 6.45) is 3.59. The van der Waals surface area contributed by atoms with Crippen LogP contribution in [0.2, 0.25) is 0 Å². The van der Waals surface area contributed by atoms with Crippen LogP contribution >= 0.6 is 0 Å². The van der Waals surface area contributed by atoms with E-state index in [1.807, 2.05) is 11.0 Å². The Morgan fingerprint density at radius 3 is 2.86 bits per heavy atom. The molecule has 1 aliphatic rings. The second-order valence-corrected chi connectivity index (χ2v) is 5.28. The fourth-order valence-electron chi connectivity index (χ4n) is 2.72. The smallest absolute Gasteiger partial charge is 0.259 e. The van der Waals surface area contributed by atoms with Gasteiger partial charge in [0.15, 0.2) is 0 Å². The van der Waals surface area contributed by atoms with E-state index in [0.29, 0.717) is 11.4 Å². The van der Waals surface area contributed by atoms with E-state index in [1.165, 1.54) is 11.1 Å². The van der Waals surface area contributed by atoms with E-state index in [2.05, 4.69) is 24.0 Å². The molecule has 2 heterocycles. The van der Waals surface area contributed by atoms with Crippen LogP contribution < -0.4 is 9.64 Å². The standard InChI is InChI=1S/C17H18N2O2/c1-12-5-7-15-13(10-12)4-3-9-19(15)17(20)14-6-8-16(21-2)18-11-14/h5-8,10-11H,3-4,9H2,1-2H3. The molecule has 0 radical (unpaired) electrons. The third-order valence-corrected chi connectivity index (χ3v) is 3.79. The molecular formula is C17H18N2O2. The molecule has 0 saturated heterocycles. The highest BCUT2D eigenvalue weighted by Crippen LogP contribution is 2.29. The van der Waals surface area contributed by atoms with Gasteiger partial charge in [0.2, 0.25) is 5.88 Å². The molecule has 2 aromatic rings. The van der Waals surface area contributed by atoms with Gasteiger partial charge in [0.25, 0.3) is 5.91 Å². The normalized spacial score (nSPS) is 13.7. The molecule has 1 amide bonds. The molecule has 1 aromatic carbocycles. The van der Waals surface area contributed by atoms with E-state index < -0.39 is 0 Å².